The van der Waals surface area contributed by atoms with Crippen molar-refractivity contribution in [2.75, 3.05) is 0 Å². The lowest BCUT2D eigenvalue weighted by molar-refractivity contribution is -0.790. The minimum Gasteiger partial charge on any atom is -0.289 e. The Morgan fingerprint density at radius 2 is 1.50 bits per heavy atom. The van der Waals surface area contributed by atoms with Crippen molar-refractivity contribution in [2.45, 2.75) is 20.4 Å². The van der Waals surface area contributed by atoms with Crippen LogP contribution >= 0.6 is 0 Å². The summed E-state index contributed by atoms with van der Waals surface area (Å²) >= 11 is 0. The summed E-state index contributed by atoms with van der Waals surface area (Å²) in [6.07, 6.45) is 5.71. The Labute approximate surface area is 141 Å². The normalized spacial score (nSPS) is 10.5. The van der Waals surface area contributed by atoms with Crippen LogP contribution in [-0.2, 0) is 18.2 Å². The maximum absolute atomic E-state index is 12.4. The molecular weight excluding hydrogens is 300 g/mol. The molecule has 120 valence electrons. The minimum atomic E-state index is 0.0270. The molecule has 1 aromatic carbocycles. The summed E-state index contributed by atoms with van der Waals surface area (Å²) in [5.74, 6) is 0.0270. The summed E-state index contributed by atoms with van der Waals surface area (Å²) in [6.45, 7) is 2.96. The fourth-order valence-electron chi connectivity index (χ4n) is 2.40. The van der Waals surface area contributed by atoms with Gasteiger partial charge in [0, 0.05) is 42.3 Å². The van der Waals surface area contributed by atoms with Gasteiger partial charge in [-0.1, -0.05) is 36.4 Å². The largest absolute Gasteiger partial charge is 0.289 e. The van der Waals surface area contributed by atoms with E-state index in [2.05, 4.69) is 0 Å². The van der Waals surface area contributed by atoms with E-state index in [0.717, 1.165) is 5.69 Å². The molecule has 0 amide bonds. The number of ketones is 1. The zero-order valence-electron chi connectivity index (χ0n) is 13.6. The zero-order chi connectivity index (χ0) is 16.8. The first-order valence-corrected chi connectivity index (χ1v) is 7.86. The van der Waals surface area contributed by atoms with Gasteiger partial charge in [0.15, 0.2) is 30.1 Å². The van der Waals surface area contributed by atoms with Crippen molar-refractivity contribution in [1.82, 2.24) is 0 Å². The maximum atomic E-state index is 12.4. The van der Waals surface area contributed by atoms with E-state index >= 15 is 0 Å². The highest BCUT2D eigenvalue weighted by Crippen LogP contribution is 2.07. The first-order valence-electron chi connectivity index (χ1n) is 7.86. The standard InChI is InChI=1S/C20H20N2O2/c1-17-7-5-6-12-22(17)16-24-15-21-13-10-19(11-14-21)20(23)18-8-3-2-4-9-18/h2-14H,15-16H2,1H3/q+2. The molecule has 24 heavy (non-hydrogen) atoms. The number of hydrogen-bond acceptors (Lipinski definition) is 2. The van der Waals surface area contributed by atoms with Gasteiger partial charge in [0.05, 0.1) is 0 Å². The Kier molecular flexibility index (Phi) is 5.08. The summed E-state index contributed by atoms with van der Waals surface area (Å²) in [5, 5.41) is 0. The van der Waals surface area contributed by atoms with Crippen LogP contribution in [0.4, 0.5) is 0 Å². The molecular formula is C20H20N2O2+2. The van der Waals surface area contributed by atoms with Crippen LogP contribution in [0.15, 0.2) is 79.3 Å². The van der Waals surface area contributed by atoms with Crippen molar-refractivity contribution >= 4 is 5.78 Å². The van der Waals surface area contributed by atoms with Gasteiger partial charge >= 0.3 is 0 Å². The highest BCUT2D eigenvalue weighted by atomic mass is 16.5. The maximum Gasteiger partial charge on any atom is 0.258 e. The third-order valence-corrected chi connectivity index (χ3v) is 3.83. The fraction of sp³-hybridized carbons (Fsp3) is 0.150. The molecule has 2 heterocycles. The van der Waals surface area contributed by atoms with Gasteiger partial charge in [0.2, 0.25) is 0 Å². The molecule has 0 saturated carbocycles. The Balaban J connectivity index is 1.59. The van der Waals surface area contributed by atoms with Crippen LogP contribution in [0.5, 0.6) is 0 Å². The summed E-state index contributed by atoms with van der Waals surface area (Å²) in [5.41, 5.74) is 2.51. The first kappa shape index (κ1) is 16.0. The zero-order valence-corrected chi connectivity index (χ0v) is 13.6. The third-order valence-electron chi connectivity index (χ3n) is 3.83. The molecule has 0 aliphatic rings. The number of nitrogens with zero attached hydrogens (tertiary/aromatic N) is 2. The van der Waals surface area contributed by atoms with E-state index in [1.165, 1.54) is 0 Å². The number of aryl methyl sites for hydroxylation is 1. The molecule has 0 unspecified atom stereocenters. The van der Waals surface area contributed by atoms with E-state index < -0.39 is 0 Å². The summed E-state index contributed by atoms with van der Waals surface area (Å²) in [7, 11) is 0. The average molecular weight is 320 g/mol. The van der Waals surface area contributed by atoms with Gasteiger partial charge in [0.1, 0.15) is 0 Å². The predicted molar refractivity (Wildman–Crippen MR) is 89.0 cm³/mol. The van der Waals surface area contributed by atoms with Crippen LogP contribution in [0.3, 0.4) is 0 Å². The number of carbonyl (C=O) groups is 1. The smallest absolute Gasteiger partial charge is 0.258 e. The molecule has 0 bridgehead atoms. The number of benzene rings is 1. The molecule has 4 nitrogen and oxygen atoms in total. The molecule has 3 aromatic rings. The van der Waals surface area contributed by atoms with Gasteiger partial charge in [-0.2, -0.15) is 9.13 Å². The van der Waals surface area contributed by atoms with Crippen LogP contribution in [0.2, 0.25) is 0 Å². The molecule has 3 rings (SSSR count). The van der Waals surface area contributed by atoms with Crippen molar-refractivity contribution in [1.29, 1.82) is 0 Å². The van der Waals surface area contributed by atoms with Gasteiger partial charge in [-0.3, -0.25) is 9.53 Å². The second-order valence-electron chi connectivity index (χ2n) is 5.57. The van der Waals surface area contributed by atoms with Crippen LogP contribution in [-0.4, -0.2) is 5.78 Å². The molecule has 0 aliphatic heterocycles. The molecule has 4 heteroatoms. The number of hydrogen-bond donors (Lipinski definition) is 0. The predicted octanol–water partition coefficient (Wildman–Crippen LogP) is 2.43. The molecule has 0 N–H and O–H groups in total. The summed E-state index contributed by atoms with van der Waals surface area (Å²) in [6, 6.07) is 19.0. The lowest BCUT2D eigenvalue weighted by Gasteiger charge is -2.02. The number of rotatable bonds is 6. The third kappa shape index (κ3) is 3.91. The van der Waals surface area contributed by atoms with Gasteiger partial charge in [-0.25, -0.2) is 0 Å². The lowest BCUT2D eigenvalue weighted by Crippen LogP contribution is -2.41. The number of aromatic nitrogens is 2. The van der Waals surface area contributed by atoms with E-state index in [9.17, 15) is 4.79 Å². The Morgan fingerprint density at radius 1 is 0.833 bits per heavy atom. The lowest BCUT2D eigenvalue weighted by atomic mass is 10.1. The van der Waals surface area contributed by atoms with E-state index in [1.807, 2.05) is 95.3 Å². The van der Waals surface area contributed by atoms with E-state index in [4.69, 9.17) is 4.74 Å². The van der Waals surface area contributed by atoms with Crippen molar-refractivity contribution in [3.63, 3.8) is 0 Å². The molecule has 0 radical (unpaired) electrons. The molecule has 0 aliphatic carbocycles. The first-order chi connectivity index (χ1) is 11.7. The van der Waals surface area contributed by atoms with Gasteiger partial charge < -0.3 is 0 Å². The van der Waals surface area contributed by atoms with Gasteiger partial charge in [-0.15, -0.1) is 0 Å². The highest BCUT2D eigenvalue weighted by molar-refractivity contribution is 6.08. The number of pyridine rings is 2. The SMILES string of the molecule is Cc1cccc[n+]1COC[n+]1ccc(C(=O)c2ccccc2)cc1. The van der Waals surface area contributed by atoms with Gasteiger partial charge in [0.25, 0.3) is 13.5 Å². The number of ether oxygens (including phenoxy) is 1. The van der Waals surface area contributed by atoms with E-state index in [1.54, 1.807) is 0 Å². The second kappa shape index (κ2) is 7.62. The molecule has 0 fully saturated rings. The Bertz CT molecular complexity index is 815. The van der Waals surface area contributed by atoms with Crippen molar-refractivity contribution in [2.24, 2.45) is 0 Å². The van der Waals surface area contributed by atoms with E-state index in [-0.39, 0.29) is 5.78 Å². The highest BCUT2D eigenvalue weighted by Gasteiger charge is 2.11. The van der Waals surface area contributed by atoms with E-state index in [0.29, 0.717) is 24.6 Å². The molecule has 0 saturated heterocycles. The monoisotopic (exact) mass is 320 g/mol. The van der Waals surface area contributed by atoms with Crippen LogP contribution in [0, 0.1) is 6.92 Å². The Hall–Kier alpha value is -2.85. The van der Waals surface area contributed by atoms with Crippen molar-refractivity contribution < 1.29 is 18.7 Å². The fourth-order valence-corrected chi connectivity index (χ4v) is 2.40. The number of carbonyl (C=O) groups excluding carboxylic acids is 1. The molecule has 0 spiro atoms. The van der Waals surface area contributed by atoms with Crippen molar-refractivity contribution in [3.05, 3.63) is 96.1 Å². The Morgan fingerprint density at radius 3 is 2.21 bits per heavy atom. The second-order valence-corrected chi connectivity index (χ2v) is 5.57. The van der Waals surface area contributed by atoms with Crippen LogP contribution < -0.4 is 9.13 Å². The quantitative estimate of drug-likeness (QED) is 0.516. The van der Waals surface area contributed by atoms with Crippen molar-refractivity contribution in [3.8, 4) is 0 Å². The summed E-state index contributed by atoms with van der Waals surface area (Å²) in [4.78, 5) is 12.4. The van der Waals surface area contributed by atoms with Gasteiger partial charge in [-0.05, 0) is 0 Å². The van der Waals surface area contributed by atoms with Crippen LogP contribution in [0.25, 0.3) is 0 Å². The minimum absolute atomic E-state index is 0.0270. The summed E-state index contributed by atoms with van der Waals surface area (Å²) < 4.78 is 9.65. The van der Waals surface area contributed by atoms with Crippen LogP contribution in [0.1, 0.15) is 21.6 Å². The molecule has 2 aromatic heterocycles. The topological polar surface area (TPSA) is 34.1 Å². The average Bonchev–Trinajstić information content (AvgIpc) is 2.64. The molecule has 0 atom stereocenters.